The molecule has 4 heteroatoms. The number of hydrogen-bond donors (Lipinski definition) is 1. The average Bonchev–Trinajstić information content (AvgIpc) is 2.93. The van der Waals surface area contributed by atoms with E-state index in [1.54, 1.807) is 6.20 Å². The van der Waals surface area contributed by atoms with Crippen LogP contribution < -0.4 is 0 Å². The zero-order chi connectivity index (χ0) is 12.7. The number of aliphatic hydroxyl groups is 1. The van der Waals surface area contributed by atoms with Gasteiger partial charge in [-0.05, 0) is 30.0 Å². The minimum Gasteiger partial charge on any atom is -0.391 e. The Labute approximate surface area is 107 Å². The summed E-state index contributed by atoms with van der Waals surface area (Å²) in [7, 11) is 0. The monoisotopic (exact) mass is 246 g/mol. The predicted molar refractivity (Wildman–Crippen MR) is 66.9 cm³/mol. The number of nitrogens with zero attached hydrogens (tertiary/aromatic N) is 2. The van der Waals surface area contributed by atoms with E-state index >= 15 is 0 Å². The average molecular weight is 246 g/mol. The van der Waals surface area contributed by atoms with Gasteiger partial charge in [-0.15, -0.1) is 0 Å². The maximum atomic E-state index is 12.4. The molecule has 0 bridgehead atoms. The molecule has 0 aromatic carbocycles. The van der Waals surface area contributed by atoms with E-state index in [1.165, 1.54) is 11.1 Å². The van der Waals surface area contributed by atoms with Crippen molar-refractivity contribution in [3.63, 3.8) is 0 Å². The molecule has 3 unspecified atom stereocenters. The molecule has 1 aliphatic carbocycles. The first kappa shape index (κ1) is 11.7. The lowest BCUT2D eigenvalue weighted by Crippen LogP contribution is -2.35. The smallest absolute Gasteiger partial charge is 0.226 e. The Bertz CT molecular complexity index is 440. The van der Waals surface area contributed by atoms with Gasteiger partial charge in [0.15, 0.2) is 0 Å². The number of carbonyl (C=O) groups is 1. The van der Waals surface area contributed by atoms with Gasteiger partial charge in [0, 0.05) is 37.3 Å². The normalized spacial score (nSPS) is 30.6. The summed E-state index contributed by atoms with van der Waals surface area (Å²) in [6.07, 6.45) is 4.90. The van der Waals surface area contributed by atoms with E-state index in [1.807, 2.05) is 24.1 Å². The van der Waals surface area contributed by atoms with Crippen LogP contribution >= 0.6 is 0 Å². The number of amides is 1. The lowest BCUT2D eigenvalue weighted by atomic mass is 10.1. The molecule has 1 saturated heterocycles. The summed E-state index contributed by atoms with van der Waals surface area (Å²) in [6.45, 7) is 3.17. The lowest BCUT2D eigenvalue weighted by Gasteiger charge is -2.19. The largest absolute Gasteiger partial charge is 0.391 e. The Balaban J connectivity index is 1.70. The first-order valence-corrected chi connectivity index (χ1v) is 6.53. The van der Waals surface area contributed by atoms with Crippen LogP contribution in [0.25, 0.3) is 0 Å². The Hall–Kier alpha value is -1.42. The van der Waals surface area contributed by atoms with Crippen molar-refractivity contribution in [1.82, 2.24) is 9.88 Å². The molecule has 1 N–H and O–H groups in total. The summed E-state index contributed by atoms with van der Waals surface area (Å²) in [5.41, 5.74) is 2.44. The van der Waals surface area contributed by atoms with Gasteiger partial charge in [0.05, 0.1) is 6.10 Å². The van der Waals surface area contributed by atoms with Gasteiger partial charge >= 0.3 is 0 Å². The molecule has 1 aliphatic heterocycles. The third kappa shape index (κ3) is 1.90. The molecule has 18 heavy (non-hydrogen) atoms. The number of likely N-dealkylation sites (tertiary alicyclic amines) is 1. The number of pyridine rings is 1. The van der Waals surface area contributed by atoms with E-state index in [9.17, 15) is 9.90 Å². The molecule has 96 valence electrons. The molecule has 3 rings (SSSR count). The van der Waals surface area contributed by atoms with Gasteiger partial charge in [0.1, 0.15) is 0 Å². The third-order valence-electron chi connectivity index (χ3n) is 4.17. The predicted octanol–water partition coefficient (Wildman–Crippen LogP) is 0.636. The van der Waals surface area contributed by atoms with Crippen LogP contribution in [0.1, 0.15) is 18.1 Å². The van der Waals surface area contributed by atoms with Crippen molar-refractivity contribution >= 4 is 5.91 Å². The first-order valence-electron chi connectivity index (χ1n) is 6.53. The molecular formula is C14H18N2O2. The quantitative estimate of drug-likeness (QED) is 0.791. The number of β-amino-alcohol motifs (C(OH)–C–C–N with tert-alkyl or cyclic N) is 1. The highest BCUT2D eigenvalue weighted by molar-refractivity contribution is 5.80. The van der Waals surface area contributed by atoms with Gasteiger partial charge in [-0.3, -0.25) is 9.78 Å². The number of rotatable bonds is 1. The van der Waals surface area contributed by atoms with Crippen LogP contribution in [0, 0.1) is 11.8 Å². The second-order valence-electron chi connectivity index (χ2n) is 5.54. The summed E-state index contributed by atoms with van der Waals surface area (Å²) in [4.78, 5) is 18.3. The molecule has 1 aromatic heterocycles. The maximum Gasteiger partial charge on any atom is 0.226 e. The molecule has 0 saturated carbocycles. The number of carbonyl (C=O) groups excluding carboxylic acids is 1. The minimum absolute atomic E-state index is 0.0432. The maximum absolute atomic E-state index is 12.4. The topological polar surface area (TPSA) is 53.4 Å². The van der Waals surface area contributed by atoms with E-state index in [0.29, 0.717) is 13.1 Å². The van der Waals surface area contributed by atoms with Gasteiger partial charge in [0.25, 0.3) is 0 Å². The van der Waals surface area contributed by atoms with Gasteiger partial charge in [-0.1, -0.05) is 6.92 Å². The molecule has 0 spiro atoms. The second kappa shape index (κ2) is 4.35. The number of aliphatic hydroxyl groups excluding tert-OH is 1. The van der Waals surface area contributed by atoms with Crippen LogP contribution in [-0.4, -0.2) is 40.1 Å². The SMILES string of the molecule is CC1CN(C(=O)C2Cc3ccncc3C2)CC1O. The summed E-state index contributed by atoms with van der Waals surface area (Å²) in [6, 6.07) is 2.00. The van der Waals surface area contributed by atoms with Gasteiger partial charge in [-0.25, -0.2) is 0 Å². The second-order valence-corrected chi connectivity index (χ2v) is 5.54. The van der Waals surface area contributed by atoms with E-state index in [0.717, 1.165) is 12.8 Å². The third-order valence-corrected chi connectivity index (χ3v) is 4.17. The molecule has 1 aromatic rings. The highest BCUT2D eigenvalue weighted by atomic mass is 16.3. The van der Waals surface area contributed by atoms with Crippen molar-refractivity contribution in [2.45, 2.75) is 25.9 Å². The number of aromatic nitrogens is 1. The van der Waals surface area contributed by atoms with E-state index in [4.69, 9.17) is 0 Å². The molecule has 1 amide bonds. The number of fused-ring (bicyclic) bond motifs is 1. The van der Waals surface area contributed by atoms with E-state index in [-0.39, 0.29) is 23.8 Å². The molecule has 3 atom stereocenters. The molecule has 1 fully saturated rings. The van der Waals surface area contributed by atoms with Crippen molar-refractivity contribution in [2.24, 2.45) is 11.8 Å². The van der Waals surface area contributed by atoms with Gasteiger partial charge in [-0.2, -0.15) is 0 Å². The number of hydrogen-bond acceptors (Lipinski definition) is 3. The molecule has 2 heterocycles. The van der Waals surface area contributed by atoms with Crippen molar-refractivity contribution in [3.05, 3.63) is 29.6 Å². The summed E-state index contributed by atoms with van der Waals surface area (Å²) >= 11 is 0. The van der Waals surface area contributed by atoms with Crippen molar-refractivity contribution in [1.29, 1.82) is 0 Å². The Kier molecular flexibility index (Phi) is 2.82. The molecule has 4 nitrogen and oxygen atoms in total. The van der Waals surface area contributed by atoms with Crippen LogP contribution in [0.5, 0.6) is 0 Å². The molecule has 0 radical (unpaired) electrons. The standard InChI is InChI=1S/C14H18N2O2/c1-9-7-16(8-13(9)17)14(18)11-4-10-2-3-15-6-12(10)5-11/h2-3,6,9,11,13,17H,4-5,7-8H2,1H3. The molecular weight excluding hydrogens is 228 g/mol. The zero-order valence-corrected chi connectivity index (χ0v) is 10.5. The van der Waals surface area contributed by atoms with Crippen LogP contribution in [0.4, 0.5) is 0 Å². The Morgan fingerprint density at radius 2 is 2.17 bits per heavy atom. The fourth-order valence-corrected chi connectivity index (χ4v) is 3.00. The van der Waals surface area contributed by atoms with Crippen LogP contribution in [0.3, 0.4) is 0 Å². The highest BCUT2D eigenvalue weighted by Crippen LogP contribution is 2.29. The highest BCUT2D eigenvalue weighted by Gasteiger charge is 2.36. The van der Waals surface area contributed by atoms with Gasteiger partial charge in [0.2, 0.25) is 5.91 Å². The summed E-state index contributed by atoms with van der Waals surface area (Å²) in [5, 5.41) is 9.73. The fraction of sp³-hybridized carbons (Fsp3) is 0.571. The van der Waals surface area contributed by atoms with Crippen LogP contribution in [0.2, 0.25) is 0 Å². The van der Waals surface area contributed by atoms with Crippen molar-refractivity contribution in [2.75, 3.05) is 13.1 Å². The zero-order valence-electron chi connectivity index (χ0n) is 10.5. The van der Waals surface area contributed by atoms with Crippen molar-refractivity contribution < 1.29 is 9.90 Å². The van der Waals surface area contributed by atoms with Crippen LogP contribution in [-0.2, 0) is 17.6 Å². The van der Waals surface area contributed by atoms with Crippen molar-refractivity contribution in [3.8, 4) is 0 Å². The van der Waals surface area contributed by atoms with E-state index in [2.05, 4.69) is 4.98 Å². The summed E-state index contributed by atoms with van der Waals surface area (Å²) < 4.78 is 0. The Morgan fingerprint density at radius 1 is 1.39 bits per heavy atom. The van der Waals surface area contributed by atoms with Crippen LogP contribution in [0.15, 0.2) is 18.5 Å². The molecule has 2 aliphatic rings. The van der Waals surface area contributed by atoms with E-state index < -0.39 is 0 Å². The minimum atomic E-state index is -0.362. The van der Waals surface area contributed by atoms with Gasteiger partial charge < -0.3 is 10.0 Å². The first-order chi connectivity index (χ1) is 8.65. The summed E-state index contributed by atoms with van der Waals surface area (Å²) in [5.74, 6) is 0.427. The fourth-order valence-electron chi connectivity index (χ4n) is 3.00. The lowest BCUT2D eigenvalue weighted by molar-refractivity contribution is -0.134. The Morgan fingerprint density at radius 3 is 2.83 bits per heavy atom.